The summed E-state index contributed by atoms with van der Waals surface area (Å²) < 4.78 is 20.9. The molecule has 1 N–H and O–H groups in total. The molecule has 2 rings (SSSR count). The van der Waals surface area contributed by atoms with Crippen LogP contribution in [0.25, 0.3) is 0 Å². The maximum absolute atomic E-state index is 11.3. The molecule has 0 spiro atoms. The summed E-state index contributed by atoms with van der Waals surface area (Å²) in [6.07, 6.45) is -2.04. The SMILES string of the molecule is CCOC1(C)O[C@@H]2[C@@H](CO)OC(=O)[C@@H]2O1. The van der Waals surface area contributed by atoms with Crippen molar-refractivity contribution in [1.29, 1.82) is 0 Å². The Bertz CT molecular complexity index is 267. The average Bonchev–Trinajstić information content (AvgIpc) is 2.64. The molecule has 0 aromatic rings. The molecule has 0 saturated carbocycles. The number of aliphatic hydroxyl groups excluding tert-OH is 1. The summed E-state index contributed by atoms with van der Waals surface area (Å²) in [4.78, 5) is 11.3. The Morgan fingerprint density at radius 2 is 2.27 bits per heavy atom. The molecule has 2 fully saturated rings. The van der Waals surface area contributed by atoms with Gasteiger partial charge in [-0.3, -0.25) is 0 Å². The smallest absolute Gasteiger partial charge is 0.338 e. The zero-order chi connectivity index (χ0) is 11.1. The van der Waals surface area contributed by atoms with E-state index in [-0.39, 0.29) is 6.61 Å². The maximum atomic E-state index is 11.3. The van der Waals surface area contributed by atoms with Gasteiger partial charge in [-0.15, -0.1) is 0 Å². The van der Waals surface area contributed by atoms with Crippen LogP contribution in [-0.2, 0) is 23.7 Å². The molecule has 0 amide bonds. The minimum atomic E-state index is -1.21. The monoisotopic (exact) mass is 218 g/mol. The number of hydrogen-bond donors (Lipinski definition) is 1. The molecule has 0 bridgehead atoms. The third-order valence-corrected chi connectivity index (χ3v) is 2.44. The summed E-state index contributed by atoms with van der Waals surface area (Å²) in [5.41, 5.74) is 0. The molecule has 0 aromatic carbocycles. The van der Waals surface area contributed by atoms with Gasteiger partial charge in [-0.05, 0) is 6.92 Å². The number of fused-ring (bicyclic) bond motifs is 1. The molecular formula is C9H14O6. The van der Waals surface area contributed by atoms with Crippen molar-refractivity contribution < 1.29 is 28.8 Å². The van der Waals surface area contributed by atoms with Gasteiger partial charge in [-0.2, -0.15) is 0 Å². The van der Waals surface area contributed by atoms with Gasteiger partial charge in [0.15, 0.2) is 12.2 Å². The van der Waals surface area contributed by atoms with Gasteiger partial charge in [0, 0.05) is 13.5 Å². The van der Waals surface area contributed by atoms with Gasteiger partial charge < -0.3 is 24.1 Å². The van der Waals surface area contributed by atoms with E-state index in [0.717, 1.165) is 0 Å². The minimum absolute atomic E-state index is 0.279. The lowest BCUT2D eigenvalue weighted by Gasteiger charge is -2.24. The Morgan fingerprint density at radius 1 is 1.53 bits per heavy atom. The average molecular weight is 218 g/mol. The summed E-state index contributed by atoms with van der Waals surface area (Å²) in [6, 6.07) is 0. The molecule has 0 aromatic heterocycles. The van der Waals surface area contributed by atoms with Crippen LogP contribution < -0.4 is 0 Å². The third kappa shape index (κ3) is 1.74. The van der Waals surface area contributed by atoms with E-state index in [4.69, 9.17) is 24.1 Å². The lowest BCUT2D eigenvalue weighted by molar-refractivity contribution is -0.334. The zero-order valence-electron chi connectivity index (χ0n) is 8.63. The molecule has 2 aliphatic rings. The number of ether oxygens (including phenoxy) is 4. The highest BCUT2D eigenvalue weighted by Gasteiger charge is 2.57. The number of aliphatic hydroxyl groups is 1. The van der Waals surface area contributed by atoms with Crippen LogP contribution in [0.1, 0.15) is 13.8 Å². The van der Waals surface area contributed by atoms with Gasteiger partial charge in [0.1, 0.15) is 6.10 Å². The van der Waals surface area contributed by atoms with Crippen LogP contribution in [0.5, 0.6) is 0 Å². The lowest BCUT2D eigenvalue weighted by atomic mass is 10.1. The first-order chi connectivity index (χ1) is 7.09. The summed E-state index contributed by atoms with van der Waals surface area (Å²) in [5, 5.41) is 8.98. The molecule has 0 aliphatic carbocycles. The number of carbonyl (C=O) groups excluding carboxylic acids is 1. The van der Waals surface area contributed by atoms with Crippen LogP contribution >= 0.6 is 0 Å². The summed E-state index contributed by atoms with van der Waals surface area (Å²) in [7, 11) is 0. The summed E-state index contributed by atoms with van der Waals surface area (Å²) in [6.45, 7) is 3.53. The van der Waals surface area contributed by atoms with Gasteiger partial charge in [0.05, 0.1) is 6.61 Å². The molecule has 1 unspecified atom stereocenters. The van der Waals surface area contributed by atoms with Crippen LogP contribution in [0.4, 0.5) is 0 Å². The van der Waals surface area contributed by atoms with Gasteiger partial charge >= 0.3 is 5.97 Å². The fourth-order valence-electron chi connectivity index (χ4n) is 1.84. The number of rotatable bonds is 3. The second-order valence-electron chi connectivity index (χ2n) is 3.57. The van der Waals surface area contributed by atoms with Crippen molar-refractivity contribution in [2.24, 2.45) is 0 Å². The Balaban J connectivity index is 2.10. The van der Waals surface area contributed by atoms with Gasteiger partial charge in [0.25, 0.3) is 5.97 Å². The first-order valence-corrected chi connectivity index (χ1v) is 4.90. The quantitative estimate of drug-likeness (QED) is 0.637. The molecule has 2 heterocycles. The van der Waals surface area contributed by atoms with Crippen molar-refractivity contribution in [3.63, 3.8) is 0 Å². The van der Waals surface area contributed by atoms with E-state index in [1.54, 1.807) is 13.8 Å². The van der Waals surface area contributed by atoms with E-state index in [1.165, 1.54) is 0 Å². The fraction of sp³-hybridized carbons (Fsp3) is 0.889. The highest BCUT2D eigenvalue weighted by atomic mass is 16.9. The van der Waals surface area contributed by atoms with Gasteiger partial charge in [-0.25, -0.2) is 4.79 Å². The predicted octanol–water partition coefficient (Wildman–Crippen LogP) is -0.602. The summed E-state index contributed by atoms with van der Waals surface area (Å²) >= 11 is 0. The van der Waals surface area contributed by atoms with E-state index >= 15 is 0 Å². The van der Waals surface area contributed by atoms with Gasteiger partial charge in [0.2, 0.25) is 0 Å². The number of carbonyl (C=O) groups is 1. The van der Waals surface area contributed by atoms with Crippen LogP contribution in [0.2, 0.25) is 0 Å². The van der Waals surface area contributed by atoms with Gasteiger partial charge in [-0.1, -0.05) is 0 Å². The second-order valence-corrected chi connectivity index (χ2v) is 3.57. The molecule has 0 radical (unpaired) electrons. The first-order valence-electron chi connectivity index (χ1n) is 4.90. The first kappa shape index (κ1) is 10.8. The van der Waals surface area contributed by atoms with Crippen molar-refractivity contribution in [3.8, 4) is 0 Å². The topological polar surface area (TPSA) is 74.2 Å². The fourth-order valence-corrected chi connectivity index (χ4v) is 1.84. The minimum Gasteiger partial charge on any atom is -0.455 e. The Labute approximate surface area is 87.1 Å². The van der Waals surface area contributed by atoms with Crippen LogP contribution in [-0.4, -0.2) is 48.6 Å². The standard InChI is InChI=1S/C9H14O6/c1-3-12-9(2)14-6-5(4-10)13-8(11)7(6)15-9/h5-7,10H,3-4H2,1-2H3/t5-,6-,7-,9?/m1/s1. The zero-order valence-corrected chi connectivity index (χ0v) is 8.63. The molecule has 2 saturated heterocycles. The third-order valence-electron chi connectivity index (χ3n) is 2.44. The van der Waals surface area contributed by atoms with E-state index in [2.05, 4.69) is 0 Å². The Kier molecular flexibility index (Phi) is 2.68. The summed E-state index contributed by atoms with van der Waals surface area (Å²) in [5.74, 6) is -1.72. The van der Waals surface area contributed by atoms with Crippen LogP contribution in [0.3, 0.4) is 0 Å². The lowest BCUT2D eigenvalue weighted by Crippen LogP contribution is -2.35. The van der Waals surface area contributed by atoms with E-state index in [0.29, 0.717) is 6.61 Å². The molecule has 2 aliphatic heterocycles. The molecule has 6 nitrogen and oxygen atoms in total. The molecular weight excluding hydrogens is 204 g/mol. The molecule has 4 atom stereocenters. The molecule has 6 heteroatoms. The second kappa shape index (κ2) is 3.71. The highest BCUT2D eigenvalue weighted by Crippen LogP contribution is 2.36. The highest BCUT2D eigenvalue weighted by molar-refractivity contribution is 5.78. The largest absolute Gasteiger partial charge is 0.455 e. The van der Waals surface area contributed by atoms with Crippen molar-refractivity contribution in [2.45, 2.75) is 38.1 Å². The van der Waals surface area contributed by atoms with E-state index < -0.39 is 30.3 Å². The molecule has 86 valence electrons. The number of cyclic esters (lactones) is 1. The van der Waals surface area contributed by atoms with Crippen molar-refractivity contribution in [3.05, 3.63) is 0 Å². The number of hydrogen-bond acceptors (Lipinski definition) is 6. The Hall–Kier alpha value is -0.690. The van der Waals surface area contributed by atoms with Crippen LogP contribution in [0, 0.1) is 0 Å². The predicted molar refractivity (Wildman–Crippen MR) is 46.7 cm³/mol. The number of esters is 1. The van der Waals surface area contributed by atoms with Crippen molar-refractivity contribution in [2.75, 3.05) is 13.2 Å². The van der Waals surface area contributed by atoms with Crippen molar-refractivity contribution in [1.82, 2.24) is 0 Å². The molecule has 15 heavy (non-hydrogen) atoms. The Morgan fingerprint density at radius 3 is 2.87 bits per heavy atom. The van der Waals surface area contributed by atoms with E-state index in [1.807, 2.05) is 0 Å². The van der Waals surface area contributed by atoms with E-state index in [9.17, 15) is 4.79 Å². The normalized spacial score (nSPS) is 44.2. The van der Waals surface area contributed by atoms with Crippen LogP contribution in [0.15, 0.2) is 0 Å². The maximum Gasteiger partial charge on any atom is 0.338 e. The van der Waals surface area contributed by atoms with Crippen molar-refractivity contribution >= 4 is 5.97 Å².